The van der Waals surface area contributed by atoms with Gasteiger partial charge in [0, 0.05) is 0 Å². The standard InChI is InChI=1S/C12H14O/c1-4-5-6-11-7-8-12(13-3)9-10(11)2/h4-9H,1H2,2-3H3/b6-5-. The molecule has 0 bridgehead atoms. The van der Waals surface area contributed by atoms with Crippen LogP contribution in [0.4, 0.5) is 0 Å². The van der Waals surface area contributed by atoms with Gasteiger partial charge >= 0.3 is 0 Å². The maximum absolute atomic E-state index is 5.11. The highest BCUT2D eigenvalue weighted by molar-refractivity contribution is 5.56. The van der Waals surface area contributed by atoms with Crippen LogP contribution in [0, 0.1) is 6.92 Å². The van der Waals surface area contributed by atoms with Gasteiger partial charge in [0.2, 0.25) is 0 Å². The van der Waals surface area contributed by atoms with Crippen molar-refractivity contribution in [1.82, 2.24) is 0 Å². The number of hydrogen-bond donors (Lipinski definition) is 0. The minimum absolute atomic E-state index is 0.897. The predicted octanol–water partition coefficient (Wildman–Crippen LogP) is 3.20. The fourth-order valence-corrected chi connectivity index (χ4v) is 1.13. The summed E-state index contributed by atoms with van der Waals surface area (Å²) in [6, 6.07) is 6.01. The first kappa shape index (κ1) is 9.59. The molecule has 1 aromatic rings. The van der Waals surface area contributed by atoms with Crippen LogP contribution < -0.4 is 4.74 Å². The van der Waals surface area contributed by atoms with Crippen LogP contribution in [0.1, 0.15) is 11.1 Å². The Morgan fingerprint density at radius 2 is 2.15 bits per heavy atom. The molecule has 68 valence electrons. The average Bonchev–Trinajstić information content (AvgIpc) is 2.16. The predicted molar refractivity (Wildman–Crippen MR) is 57.0 cm³/mol. The Morgan fingerprint density at radius 3 is 2.69 bits per heavy atom. The molecule has 0 aliphatic carbocycles. The molecule has 1 rings (SSSR count). The normalized spacial score (nSPS) is 10.3. The van der Waals surface area contributed by atoms with Gasteiger partial charge in [-0.25, -0.2) is 0 Å². The number of hydrogen-bond acceptors (Lipinski definition) is 1. The molecule has 13 heavy (non-hydrogen) atoms. The van der Waals surface area contributed by atoms with Crippen LogP contribution in [-0.2, 0) is 0 Å². The highest BCUT2D eigenvalue weighted by Crippen LogP contribution is 2.17. The Morgan fingerprint density at radius 1 is 1.38 bits per heavy atom. The number of ether oxygens (including phenoxy) is 1. The first-order valence-corrected chi connectivity index (χ1v) is 4.21. The summed E-state index contributed by atoms with van der Waals surface area (Å²) in [6.45, 7) is 5.69. The molecule has 1 aromatic carbocycles. The minimum atomic E-state index is 0.897. The third kappa shape index (κ3) is 2.48. The highest BCUT2D eigenvalue weighted by atomic mass is 16.5. The summed E-state index contributed by atoms with van der Waals surface area (Å²) in [4.78, 5) is 0. The van der Waals surface area contributed by atoms with Crippen molar-refractivity contribution in [3.8, 4) is 5.75 Å². The molecule has 0 N–H and O–H groups in total. The zero-order valence-corrected chi connectivity index (χ0v) is 8.08. The SMILES string of the molecule is C=C/C=C\c1ccc(OC)cc1C. The van der Waals surface area contributed by atoms with E-state index in [-0.39, 0.29) is 0 Å². The number of allylic oxidation sites excluding steroid dienone is 2. The molecule has 0 saturated carbocycles. The van der Waals surface area contributed by atoms with Crippen LogP contribution >= 0.6 is 0 Å². The van der Waals surface area contributed by atoms with Gasteiger partial charge in [0.1, 0.15) is 5.75 Å². The zero-order valence-electron chi connectivity index (χ0n) is 8.08. The van der Waals surface area contributed by atoms with Gasteiger partial charge in [-0.2, -0.15) is 0 Å². The fraction of sp³-hybridized carbons (Fsp3) is 0.167. The van der Waals surface area contributed by atoms with E-state index < -0.39 is 0 Å². The zero-order chi connectivity index (χ0) is 9.68. The summed E-state index contributed by atoms with van der Waals surface area (Å²) in [5.74, 6) is 0.897. The summed E-state index contributed by atoms with van der Waals surface area (Å²) in [5.41, 5.74) is 2.40. The van der Waals surface area contributed by atoms with Crippen LogP contribution in [0.2, 0.25) is 0 Å². The van der Waals surface area contributed by atoms with Crippen LogP contribution in [0.25, 0.3) is 6.08 Å². The van der Waals surface area contributed by atoms with E-state index >= 15 is 0 Å². The van der Waals surface area contributed by atoms with Crippen molar-refractivity contribution in [1.29, 1.82) is 0 Å². The van der Waals surface area contributed by atoms with Gasteiger partial charge in [-0.15, -0.1) is 0 Å². The summed E-state index contributed by atoms with van der Waals surface area (Å²) < 4.78 is 5.11. The lowest BCUT2D eigenvalue weighted by molar-refractivity contribution is 0.414. The quantitative estimate of drug-likeness (QED) is 0.639. The Labute approximate surface area is 79.4 Å². The first-order chi connectivity index (χ1) is 6.27. The summed E-state index contributed by atoms with van der Waals surface area (Å²) in [5, 5.41) is 0. The summed E-state index contributed by atoms with van der Waals surface area (Å²) in [7, 11) is 1.67. The minimum Gasteiger partial charge on any atom is -0.497 e. The Kier molecular flexibility index (Phi) is 3.32. The summed E-state index contributed by atoms with van der Waals surface area (Å²) in [6.07, 6.45) is 5.72. The van der Waals surface area contributed by atoms with E-state index in [1.807, 2.05) is 30.4 Å². The lowest BCUT2D eigenvalue weighted by Crippen LogP contribution is -1.85. The molecular weight excluding hydrogens is 160 g/mol. The van der Waals surface area contributed by atoms with Crippen molar-refractivity contribution in [2.45, 2.75) is 6.92 Å². The van der Waals surface area contributed by atoms with E-state index in [9.17, 15) is 0 Å². The van der Waals surface area contributed by atoms with Gasteiger partial charge in [-0.1, -0.05) is 30.9 Å². The van der Waals surface area contributed by atoms with E-state index in [1.165, 1.54) is 11.1 Å². The second kappa shape index (κ2) is 4.51. The molecule has 0 aliphatic heterocycles. The molecule has 0 atom stereocenters. The molecule has 0 heterocycles. The maximum Gasteiger partial charge on any atom is 0.119 e. The number of methoxy groups -OCH3 is 1. The van der Waals surface area contributed by atoms with E-state index in [4.69, 9.17) is 4.74 Å². The number of benzene rings is 1. The smallest absolute Gasteiger partial charge is 0.119 e. The molecule has 0 amide bonds. The first-order valence-electron chi connectivity index (χ1n) is 4.21. The van der Waals surface area contributed by atoms with Crippen LogP contribution in [0.5, 0.6) is 5.75 Å². The van der Waals surface area contributed by atoms with Gasteiger partial charge in [0.25, 0.3) is 0 Å². The second-order valence-corrected chi connectivity index (χ2v) is 2.82. The van der Waals surface area contributed by atoms with Crippen LogP contribution in [0.3, 0.4) is 0 Å². The summed E-state index contributed by atoms with van der Waals surface area (Å²) >= 11 is 0. The van der Waals surface area contributed by atoms with Crippen molar-refractivity contribution in [3.05, 3.63) is 48.1 Å². The number of aryl methyl sites for hydroxylation is 1. The molecule has 0 saturated heterocycles. The third-order valence-electron chi connectivity index (χ3n) is 1.89. The van der Waals surface area contributed by atoms with Crippen molar-refractivity contribution < 1.29 is 4.74 Å². The second-order valence-electron chi connectivity index (χ2n) is 2.82. The highest BCUT2D eigenvalue weighted by Gasteiger charge is 1.95. The third-order valence-corrected chi connectivity index (χ3v) is 1.89. The molecule has 0 fully saturated rings. The molecule has 0 spiro atoms. The van der Waals surface area contributed by atoms with Crippen molar-refractivity contribution in [2.75, 3.05) is 7.11 Å². The average molecular weight is 174 g/mol. The van der Waals surface area contributed by atoms with E-state index in [0.29, 0.717) is 0 Å². The molecule has 0 aliphatic rings. The van der Waals surface area contributed by atoms with Crippen LogP contribution in [0.15, 0.2) is 36.9 Å². The number of rotatable bonds is 3. The topological polar surface area (TPSA) is 9.23 Å². The van der Waals surface area contributed by atoms with Gasteiger partial charge in [-0.3, -0.25) is 0 Å². The Hall–Kier alpha value is -1.50. The van der Waals surface area contributed by atoms with Gasteiger partial charge < -0.3 is 4.74 Å². The largest absolute Gasteiger partial charge is 0.497 e. The molecule has 0 aromatic heterocycles. The monoisotopic (exact) mass is 174 g/mol. The van der Waals surface area contributed by atoms with Gasteiger partial charge in [-0.05, 0) is 30.2 Å². The molecule has 1 nitrogen and oxygen atoms in total. The Bertz CT molecular complexity index is 324. The molecule has 0 unspecified atom stereocenters. The molecule has 1 heteroatoms. The van der Waals surface area contributed by atoms with E-state index in [1.54, 1.807) is 13.2 Å². The van der Waals surface area contributed by atoms with E-state index in [0.717, 1.165) is 5.75 Å². The maximum atomic E-state index is 5.11. The molecular formula is C12H14O. The van der Waals surface area contributed by atoms with Gasteiger partial charge in [0.15, 0.2) is 0 Å². The van der Waals surface area contributed by atoms with Crippen molar-refractivity contribution >= 4 is 6.08 Å². The Balaban J connectivity index is 2.98. The van der Waals surface area contributed by atoms with E-state index in [2.05, 4.69) is 13.5 Å². The van der Waals surface area contributed by atoms with Crippen molar-refractivity contribution in [3.63, 3.8) is 0 Å². The van der Waals surface area contributed by atoms with Crippen LogP contribution in [-0.4, -0.2) is 7.11 Å². The molecule has 0 radical (unpaired) electrons. The fourth-order valence-electron chi connectivity index (χ4n) is 1.13. The lowest BCUT2D eigenvalue weighted by atomic mass is 10.1. The lowest BCUT2D eigenvalue weighted by Gasteiger charge is -2.03. The van der Waals surface area contributed by atoms with Crippen molar-refractivity contribution in [2.24, 2.45) is 0 Å². The van der Waals surface area contributed by atoms with Gasteiger partial charge in [0.05, 0.1) is 7.11 Å².